The molecule has 2 aromatic rings. The van der Waals surface area contributed by atoms with Crippen molar-refractivity contribution >= 4 is 27.5 Å². The molecule has 0 aliphatic carbocycles. The molecule has 0 atom stereocenters. The van der Waals surface area contributed by atoms with Gasteiger partial charge < -0.3 is 9.47 Å². The number of benzene rings is 1. The molecule has 1 aromatic heterocycles. The molecule has 0 radical (unpaired) electrons. The van der Waals surface area contributed by atoms with E-state index in [0.717, 1.165) is 22.1 Å². The second kappa shape index (κ2) is 4.03. The predicted molar refractivity (Wildman–Crippen MR) is 64.0 cm³/mol. The number of para-hydroxylation sites is 1. The largest absolute Gasteiger partial charge is 0.486 e. The van der Waals surface area contributed by atoms with Crippen molar-refractivity contribution in [2.24, 2.45) is 0 Å². The van der Waals surface area contributed by atoms with Crippen LogP contribution in [0.15, 0.2) is 22.9 Å². The maximum Gasteiger partial charge on any atom is 0.209 e. The van der Waals surface area contributed by atoms with E-state index in [1.54, 1.807) is 0 Å². The van der Waals surface area contributed by atoms with Crippen LogP contribution in [0.4, 0.5) is 0 Å². The van der Waals surface area contributed by atoms with E-state index < -0.39 is 0 Å². The van der Waals surface area contributed by atoms with Gasteiger partial charge in [-0.05, 0) is 39.6 Å². The van der Waals surface area contributed by atoms with Gasteiger partial charge in [0.05, 0.1) is 5.56 Å². The van der Waals surface area contributed by atoms with Crippen LogP contribution < -0.4 is 9.47 Å². The zero-order valence-electron chi connectivity index (χ0n) is 8.14. The van der Waals surface area contributed by atoms with Crippen LogP contribution in [0, 0.1) is 0 Å². The van der Waals surface area contributed by atoms with E-state index in [9.17, 15) is 0 Å². The normalized spacial score (nSPS) is 13.8. The van der Waals surface area contributed by atoms with Gasteiger partial charge in [0.2, 0.25) is 4.73 Å². The average Bonchev–Trinajstić information content (AvgIpc) is 2.75. The molecule has 0 spiro atoms. The van der Waals surface area contributed by atoms with Gasteiger partial charge in [-0.2, -0.15) is 4.37 Å². The highest BCUT2D eigenvalue weighted by Gasteiger charge is 2.18. The summed E-state index contributed by atoms with van der Waals surface area (Å²) in [6.07, 6.45) is 0. The van der Waals surface area contributed by atoms with Crippen LogP contribution in [0.1, 0.15) is 0 Å². The van der Waals surface area contributed by atoms with E-state index in [1.165, 1.54) is 11.5 Å². The molecular formula is C10H7BrN2O2S. The van der Waals surface area contributed by atoms with Gasteiger partial charge in [0.15, 0.2) is 11.5 Å². The summed E-state index contributed by atoms with van der Waals surface area (Å²) >= 11 is 4.57. The summed E-state index contributed by atoms with van der Waals surface area (Å²) in [7, 11) is 0. The van der Waals surface area contributed by atoms with Gasteiger partial charge in [0.25, 0.3) is 0 Å². The van der Waals surface area contributed by atoms with Crippen molar-refractivity contribution in [3.05, 3.63) is 22.9 Å². The molecule has 16 heavy (non-hydrogen) atoms. The second-order valence-electron chi connectivity index (χ2n) is 3.20. The number of nitrogens with zero attached hydrogens (tertiary/aromatic N) is 2. The Hall–Kier alpha value is -1.14. The van der Waals surface area contributed by atoms with Gasteiger partial charge in [0.1, 0.15) is 18.2 Å². The van der Waals surface area contributed by atoms with Gasteiger partial charge in [-0.1, -0.05) is 6.07 Å². The maximum absolute atomic E-state index is 5.62. The zero-order chi connectivity index (χ0) is 11.0. The van der Waals surface area contributed by atoms with Gasteiger partial charge in [-0.3, -0.25) is 0 Å². The Balaban J connectivity index is 2.13. The lowest BCUT2D eigenvalue weighted by atomic mass is 10.2. The van der Waals surface area contributed by atoms with Crippen molar-refractivity contribution in [3.63, 3.8) is 0 Å². The van der Waals surface area contributed by atoms with E-state index in [2.05, 4.69) is 25.3 Å². The average molecular weight is 299 g/mol. The number of aromatic nitrogens is 2. The summed E-state index contributed by atoms with van der Waals surface area (Å²) in [5, 5.41) is 0.828. The number of fused-ring (bicyclic) bond motifs is 1. The summed E-state index contributed by atoms with van der Waals surface area (Å²) in [5.74, 6) is 1.53. The Morgan fingerprint density at radius 3 is 2.94 bits per heavy atom. The third-order valence-corrected chi connectivity index (χ3v) is 3.54. The van der Waals surface area contributed by atoms with E-state index in [1.807, 2.05) is 18.2 Å². The molecule has 0 amide bonds. The molecule has 0 fully saturated rings. The molecule has 82 valence electrons. The molecule has 6 heteroatoms. The number of rotatable bonds is 1. The van der Waals surface area contributed by atoms with Crippen molar-refractivity contribution in [1.29, 1.82) is 0 Å². The van der Waals surface area contributed by atoms with Crippen molar-refractivity contribution in [1.82, 2.24) is 9.36 Å². The van der Waals surface area contributed by atoms with E-state index in [0.29, 0.717) is 17.9 Å². The van der Waals surface area contributed by atoms with E-state index in [4.69, 9.17) is 9.47 Å². The van der Waals surface area contributed by atoms with Crippen LogP contribution in [0.3, 0.4) is 0 Å². The van der Waals surface area contributed by atoms with Crippen LogP contribution in [-0.2, 0) is 0 Å². The van der Waals surface area contributed by atoms with Gasteiger partial charge >= 0.3 is 0 Å². The Morgan fingerprint density at radius 1 is 1.25 bits per heavy atom. The Kier molecular flexibility index (Phi) is 2.53. The van der Waals surface area contributed by atoms with Crippen LogP contribution >= 0.6 is 27.5 Å². The number of halogens is 1. The lowest BCUT2D eigenvalue weighted by Gasteiger charge is -2.19. The summed E-state index contributed by atoms with van der Waals surface area (Å²) in [4.78, 5) is 4.28. The molecule has 0 N–H and O–H groups in total. The Bertz CT molecular complexity index is 529. The van der Waals surface area contributed by atoms with Gasteiger partial charge in [0, 0.05) is 0 Å². The third kappa shape index (κ3) is 1.68. The molecule has 0 bridgehead atoms. The molecule has 1 aliphatic heterocycles. The first-order valence-corrected chi connectivity index (χ1v) is 6.29. The molecule has 3 rings (SSSR count). The molecule has 0 saturated heterocycles. The van der Waals surface area contributed by atoms with Crippen molar-refractivity contribution < 1.29 is 9.47 Å². The Labute approximate surface area is 105 Å². The molecule has 0 unspecified atom stereocenters. The van der Waals surface area contributed by atoms with Crippen molar-refractivity contribution in [3.8, 4) is 22.1 Å². The highest BCUT2D eigenvalue weighted by Crippen LogP contribution is 2.40. The van der Waals surface area contributed by atoms with Gasteiger partial charge in [-0.25, -0.2) is 4.98 Å². The smallest absolute Gasteiger partial charge is 0.209 e. The second-order valence-corrected chi connectivity index (χ2v) is 4.66. The van der Waals surface area contributed by atoms with Crippen LogP contribution in [-0.4, -0.2) is 22.6 Å². The SMILES string of the molecule is Brc1nsc(-c2cccc3c2OCCO3)n1. The molecule has 4 nitrogen and oxygen atoms in total. The summed E-state index contributed by atoms with van der Waals surface area (Å²) in [5.41, 5.74) is 0.931. The van der Waals surface area contributed by atoms with Crippen molar-refractivity contribution in [2.45, 2.75) is 0 Å². The maximum atomic E-state index is 5.62. The predicted octanol–water partition coefficient (Wildman–Crippen LogP) is 2.74. The summed E-state index contributed by atoms with van der Waals surface area (Å²) in [6, 6.07) is 5.78. The van der Waals surface area contributed by atoms with Gasteiger partial charge in [-0.15, -0.1) is 0 Å². The summed E-state index contributed by atoms with van der Waals surface area (Å²) < 4.78 is 15.8. The first kappa shape index (κ1) is 10.0. The fourth-order valence-corrected chi connectivity index (χ4v) is 2.66. The van der Waals surface area contributed by atoms with Crippen LogP contribution in [0.5, 0.6) is 11.5 Å². The molecule has 1 aliphatic rings. The minimum Gasteiger partial charge on any atom is -0.486 e. The lowest BCUT2D eigenvalue weighted by molar-refractivity contribution is 0.172. The highest BCUT2D eigenvalue weighted by molar-refractivity contribution is 9.10. The topological polar surface area (TPSA) is 44.2 Å². The highest BCUT2D eigenvalue weighted by atomic mass is 79.9. The first-order chi connectivity index (χ1) is 7.84. The van der Waals surface area contributed by atoms with Crippen LogP contribution in [0.2, 0.25) is 0 Å². The standard InChI is InChI=1S/C10H7BrN2O2S/c11-10-12-9(16-13-10)6-2-1-3-7-8(6)15-5-4-14-7/h1-3H,4-5H2. The molecule has 0 saturated carbocycles. The lowest BCUT2D eigenvalue weighted by Crippen LogP contribution is -2.15. The van der Waals surface area contributed by atoms with E-state index >= 15 is 0 Å². The first-order valence-electron chi connectivity index (χ1n) is 4.73. The quantitative estimate of drug-likeness (QED) is 0.812. The molecule has 2 heterocycles. The number of hydrogen-bond donors (Lipinski definition) is 0. The Morgan fingerprint density at radius 2 is 2.12 bits per heavy atom. The number of ether oxygens (including phenoxy) is 2. The third-order valence-electron chi connectivity index (χ3n) is 2.20. The fraction of sp³-hybridized carbons (Fsp3) is 0.200. The van der Waals surface area contributed by atoms with E-state index in [-0.39, 0.29) is 0 Å². The monoisotopic (exact) mass is 298 g/mol. The summed E-state index contributed by atoms with van der Waals surface area (Å²) in [6.45, 7) is 1.17. The fourth-order valence-electron chi connectivity index (χ4n) is 1.56. The minimum atomic E-state index is 0.573. The van der Waals surface area contributed by atoms with Crippen LogP contribution in [0.25, 0.3) is 10.6 Å². The molecular weight excluding hydrogens is 292 g/mol. The molecule has 1 aromatic carbocycles. The minimum absolute atomic E-state index is 0.573. The number of hydrogen-bond acceptors (Lipinski definition) is 5. The zero-order valence-corrected chi connectivity index (χ0v) is 10.5. The van der Waals surface area contributed by atoms with Crippen molar-refractivity contribution in [2.75, 3.05) is 13.2 Å².